The molecule has 0 saturated heterocycles. The molecule has 1 aromatic heterocycles. The summed E-state index contributed by atoms with van der Waals surface area (Å²) in [5, 5.41) is 17.7. The van der Waals surface area contributed by atoms with Gasteiger partial charge in [-0.3, -0.25) is 4.72 Å². The molecule has 8 heteroatoms. The van der Waals surface area contributed by atoms with Gasteiger partial charge in [-0.1, -0.05) is 6.07 Å². The second-order valence-electron chi connectivity index (χ2n) is 4.13. The van der Waals surface area contributed by atoms with Gasteiger partial charge in [0.15, 0.2) is 0 Å². The highest BCUT2D eigenvalue weighted by atomic mass is 32.2. The summed E-state index contributed by atoms with van der Waals surface area (Å²) >= 11 is 0.896. The molecule has 0 aliphatic rings. The largest absolute Gasteiger partial charge is 0.477 e. The van der Waals surface area contributed by atoms with Crippen LogP contribution in [0.1, 0.15) is 20.1 Å². The number of carboxylic acids is 1. The monoisotopic (exact) mass is 322 g/mol. The number of aryl methyl sites for hydroxylation is 1. The molecule has 2 N–H and O–H groups in total. The smallest absolute Gasteiger partial charge is 0.345 e. The van der Waals surface area contributed by atoms with Crippen molar-refractivity contribution < 1.29 is 18.3 Å². The summed E-state index contributed by atoms with van der Waals surface area (Å²) in [5.41, 5.74) is 0.569. The summed E-state index contributed by atoms with van der Waals surface area (Å²) in [6, 6.07) is 9.06. The number of hydrogen-bond donors (Lipinski definition) is 2. The molecule has 0 bridgehead atoms. The van der Waals surface area contributed by atoms with E-state index in [0.717, 1.165) is 17.4 Å². The first-order valence-corrected chi connectivity index (χ1v) is 8.00. The zero-order valence-electron chi connectivity index (χ0n) is 10.8. The number of anilines is 1. The Kier molecular flexibility index (Phi) is 3.97. The average molecular weight is 322 g/mol. The maximum Gasteiger partial charge on any atom is 0.345 e. The number of nitrogens with zero attached hydrogens (tertiary/aromatic N) is 1. The van der Waals surface area contributed by atoms with Crippen LogP contribution >= 0.6 is 11.3 Å². The van der Waals surface area contributed by atoms with Crippen LogP contribution in [-0.4, -0.2) is 19.5 Å². The third kappa shape index (κ3) is 3.21. The second-order valence-corrected chi connectivity index (χ2v) is 7.04. The summed E-state index contributed by atoms with van der Waals surface area (Å²) in [5.74, 6) is -1.17. The second kappa shape index (κ2) is 5.55. The summed E-state index contributed by atoms with van der Waals surface area (Å²) in [7, 11) is -3.89. The van der Waals surface area contributed by atoms with Crippen molar-refractivity contribution in [3.8, 4) is 6.07 Å². The van der Waals surface area contributed by atoms with Gasteiger partial charge in [0.05, 0.1) is 17.3 Å². The lowest BCUT2D eigenvalue weighted by Crippen LogP contribution is -2.13. The number of rotatable bonds is 4. The van der Waals surface area contributed by atoms with Crippen molar-refractivity contribution >= 4 is 33.0 Å². The molecule has 108 valence electrons. The number of hydrogen-bond acceptors (Lipinski definition) is 5. The number of nitrogens with one attached hydrogen (secondary N) is 1. The van der Waals surface area contributed by atoms with Crippen molar-refractivity contribution in [2.24, 2.45) is 0 Å². The highest BCUT2D eigenvalue weighted by Gasteiger charge is 2.22. The van der Waals surface area contributed by atoms with Crippen molar-refractivity contribution in [2.45, 2.75) is 11.8 Å². The minimum Gasteiger partial charge on any atom is -0.477 e. The van der Waals surface area contributed by atoms with Gasteiger partial charge >= 0.3 is 5.97 Å². The number of benzene rings is 1. The fourth-order valence-corrected chi connectivity index (χ4v) is 4.18. The highest BCUT2D eigenvalue weighted by molar-refractivity contribution is 7.93. The standard InChI is InChI=1S/C13H10N2O4S2/c1-8-12(6-11(20-8)13(16)17)21(18,19)15-10-4-2-3-9(5-10)7-14/h2-6,15H,1H3,(H,16,17). The molecule has 0 spiro atoms. The first-order chi connectivity index (χ1) is 9.83. The van der Waals surface area contributed by atoms with Crippen molar-refractivity contribution in [2.75, 3.05) is 4.72 Å². The lowest BCUT2D eigenvalue weighted by Gasteiger charge is -2.07. The van der Waals surface area contributed by atoms with E-state index in [2.05, 4.69) is 4.72 Å². The molecule has 0 amide bonds. The zero-order chi connectivity index (χ0) is 15.6. The summed E-state index contributed by atoms with van der Waals surface area (Å²) < 4.78 is 26.9. The van der Waals surface area contributed by atoms with Crippen molar-refractivity contribution in [1.29, 1.82) is 5.26 Å². The van der Waals surface area contributed by atoms with Crippen LogP contribution in [0, 0.1) is 18.3 Å². The van der Waals surface area contributed by atoms with E-state index in [1.54, 1.807) is 12.1 Å². The van der Waals surface area contributed by atoms with Crippen LogP contribution < -0.4 is 4.72 Å². The average Bonchev–Trinajstić information content (AvgIpc) is 2.81. The van der Waals surface area contributed by atoms with Gasteiger partial charge in [-0.05, 0) is 31.2 Å². The Hall–Kier alpha value is -2.37. The minimum absolute atomic E-state index is 0.0429. The SMILES string of the molecule is Cc1sc(C(=O)O)cc1S(=O)(=O)Nc1cccc(C#N)c1. The van der Waals surface area contributed by atoms with E-state index in [1.807, 2.05) is 6.07 Å². The molecule has 2 aromatic rings. The molecular weight excluding hydrogens is 312 g/mol. The fraction of sp³-hybridized carbons (Fsp3) is 0.0769. The van der Waals surface area contributed by atoms with Crippen LogP contribution in [-0.2, 0) is 10.0 Å². The van der Waals surface area contributed by atoms with E-state index in [9.17, 15) is 13.2 Å². The highest BCUT2D eigenvalue weighted by Crippen LogP contribution is 2.27. The Morgan fingerprint density at radius 2 is 2.10 bits per heavy atom. The Labute approximate surface area is 125 Å². The fourth-order valence-electron chi connectivity index (χ4n) is 1.70. The number of aromatic carboxylic acids is 1. The van der Waals surface area contributed by atoms with Gasteiger partial charge in [-0.25, -0.2) is 13.2 Å². The molecule has 0 unspecified atom stereocenters. The van der Waals surface area contributed by atoms with E-state index >= 15 is 0 Å². The molecule has 0 radical (unpaired) electrons. The molecule has 1 heterocycles. The van der Waals surface area contributed by atoms with Crippen LogP contribution in [0.5, 0.6) is 0 Å². The van der Waals surface area contributed by atoms with Crippen molar-refractivity contribution in [3.63, 3.8) is 0 Å². The topological polar surface area (TPSA) is 107 Å². The predicted octanol–water partition coefficient (Wildman–Crippen LogP) is 2.43. The molecule has 6 nitrogen and oxygen atoms in total. The molecule has 2 rings (SSSR count). The van der Waals surface area contributed by atoms with Crippen LogP contribution in [0.3, 0.4) is 0 Å². The summed E-state index contributed by atoms with van der Waals surface area (Å²) in [4.78, 5) is 11.2. The van der Waals surface area contributed by atoms with E-state index < -0.39 is 16.0 Å². The maximum absolute atomic E-state index is 12.3. The van der Waals surface area contributed by atoms with Gasteiger partial charge in [0.1, 0.15) is 9.77 Å². The van der Waals surface area contributed by atoms with Crippen LogP contribution in [0.4, 0.5) is 5.69 Å². The first-order valence-electron chi connectivity index (χ1n) is 5.70. The number of sulfonamides is 1. The molecule has 1 aromatic carbocycles. The predicted molar refractivity (Wildman–Crippen MR) is 78.0 cm³/mol. The summed E-state index contributed by atoms with van der Waals surface area (Å²) in [6.07, 6.45) is 0. The van der Waals surface area contributed by atoms with Gasteiger partial charge in [0.25, 0.3) is 10.0 Å². The number of carbonyl (C=O) groups is 1. The Bertz CT molecular complexity index is 847. The number of nitriles is 1. The lowest BCUT2D eigenvalue weighted by atomic mass is 10.2. The third-order valence-corrected chi connectivity index (χ3v) is 5.29. The van der Waals surface area contributed by atoms with Gasteiger partial charge in [-0.15, -0.1) is 11.3 Å². The van der Waals surface area contributed by atoms with Gasteiger partial charge in [-0.2, -0.15) is 5.26 Å². The molecular formula is C13H10N2O4S2. The van der Waals surface area contributed by atoms with E-state index in [-0.39, 0.29) is 15.5 Å². The molecule has 0 fully saturated rings. The normalized spacial score (nSPS) is 10.9. The quantitative estimate of drug-likeness (QED) is 0.899. The van der Waals surface area contributed by atoms with Crippen LogP contribution in [0.2, 0.25) is 0 Å². The van der Waals surface area contributed by atoms with Gasteiger partial charge < -0.3 is 5.11 Å². The molecule has 0 aliphatic heterocycles. The van der Waals surface area contributed by atoms with Crippen molar-refractivity contribution in [1.82, 2.24) is 0 Å². The molecule has 0 aliphatic carbocycles. The van der Waals surface area contributed by atoms with Gasteiger partial charge in [0.2, 0.25) is 0 Å². The molecule has 0 atom stereocenters. The van der Waals surface area contributed by atoms with E-state index in [0.29, 0.717) is 10.4 Å². The van der Waals surface area contributed by atoms with Crippen LogP contribution in [0.25, 0.3) is 0 Å². The lowest BCUT2D eigenvalue weighted by molar-refractivity contribution is 0.0702. The Balaban J connectivity index is 2.38. The molecule has 21 heavy (non-hydrogen) atoms. The third-order valence-electron chi connectivity index (χ3n) is 2.62. The Morgan fingerprint density at radius 3 is 2.67 bits per heavy atom. The van der Waals surface area contributed by atoms with E-state index in [4.69, 9.17) is 10.4 Å². The zero-order valence-corrected chi connectivity index (χ0v) is 12.5. The maximum atomic E-state index is 12.3. The summed E-state index contributed by atoms with van der Waals surface area (Å²) in [6.45, 7) is 1.54. The first kappa shape index (κ1) is 15.0. The van der Waals surface area contributed by atoms with Gasteiger partial charge in [0, 0.05) is 4.88 Å². The Morgan fingerprint density at radius 1 is 1.38 bits per heavy atom. The van der Waals surface area contributed by atoms with Crippen molar-refractivity contribution in [3.05, 3.63) is 45.6 Å². The minimum atomic E-state index is -3.89. The van der Waals surface area contributed by atoms with Crippen LogP contribution in [0.15, 0.2) is 35.2 Å². The van der Waals surface area contributed by atoms with E-state index in [1.165, 1.54) is 19.1 Å². The number of thiophene rings is 1. The number of carboxylic acid groups (broad SMARTS) is 1. The molecule has 0 saturated carbocycles.